The minimum absolute atomic E-state index is 0.169. The van der Waals surface area contributed by atoms with Crippen molar-refractivity contribution in [3.8, 4) is 5.69 Å². The second-order valence-electron chi connectivity index (χ2n) is 3.49. The van der Waals surface area contributed by atoms with Crippen LogP contribution >= 0.6 is 12.2 Å². The van der Waals surface area contributed by atoms with Gasteiger partial charge in [0.2, 0.25) is 0 Å². The number of benzene rings is 1. The van der Waals surface area contributed by atoms with Crippen molar-refractivity contribution in [1.82, 2.24) is 9.55 Å². The van der Waals surface area contributed by atoms with Crippen LogP contribution in [0.3, 0.4) is 0 Å². The van der Waals surface area contributed by atoms with E-state index in [2.05, 4.69) is 4.98 Å². The van der Waals surface area contributed by atoms with Crippen LogP contribution in [0, 0.1) is 6.92 Å². The molecule has 0 fully saturated rings. The SMILES string of the molecule is Cc1c[nH]c(=O)n1-c1cccc(C(N)=S)c1. The smallest absolute Gasteiger partial charge is 0.330 e. The van der Waals surface area contributed by atoms with Crippen LogP contribution in [-0.4, -0.2) is 14.5 Å². The fourth-order valence-electron chi connectivity index (χ4n) is 1.57. The lowest BCUT2D eigenvalue weighted by molar-refractivity contribution is 0.949. The van der Waals surface area contributed by atoms with Gasteiger partial charge in [-0.1, -0.05) is 24.4 Å². The summed E-state index contributed by atoms with van der Waals surface area (Å²) in [5, 5.41) is 0. The molecule has 1 aromatic heterocycles. The minimum Gasteiger partial charge on any atom is -0.389 e. The summed E-state index contributed by atoms with van der Waals surface area (Å²) < 4.78 is 1.57. The Hall–Kier alpha value is -1.88. The summed E-state index contributed by atoms with van der Waals surface area (Å²) in [4.78, 5) is 14.5. The average Bonchev–Trinajstić information content (AvgIpc) is 2.59. The van der Waals surface area contributed by atoms with E-state index in [1.807, 2.05) is 25.1 Å². The second kappa shape index (κ2) is 3.94. The van der Waals surface area contributed by atoms with Crippen molar-refractivity contribution in [2.24, 2.45) is 5.73 Å². The van der Waals surface area contributed by atoms with E-state index in [0.29, 0.717) is 4.99 Å². The van der Waals surface area contributed by atoms with E-state index in [1.54, 1.807) is 16.8 Å². The lowest BCUT2D eigenvalue weighted by Crippen LogP contribution is -2.17. The van der Waals surface area contributed by atoms with Gasteiger partial charge in [-0.2, -0.15) is 0 Å². The van der Waals surface area contributed by atoms with Gasteiger partial charge >= 0.3 is 5.69 Å². The van der Waals surface area contributed by atoms with E-state index in [-0.39, 0.29) is 5.69 Å². The zero-order chi connectivity index (χ0) is 11.7. The highest BCUT2D eigenvalue weighted by atomic mass is 32.1. The lowest BCUT2D eigenvalue weighted by Gasteiger charge is -2.05. The first-order valence-electron chi connectivity index (χ1n) is 4.77. The van der Waals surface area contributed by atoms with Crippen LogP contribution < -0.4 is 11.4 Å². The third kappa shape index (κ3) is 1.77. The number of thiocarbonyl (C=S) groups is 1. The molecule has 3 N–H and O–H groups in total. The van der Waals surface area contributed by atoms with E-state index in [4.69, 9.17) is 18.0 Å². The van der Waals surface area contributed by atoms with Crippen molar-refractivity contribution in [2.75, 3.05) is 0 Å². The van der Waals surface area contributed by atoms with Crippen molar-refractivity contribution >= 4 is 17.2 Å². The molecule has 0 saturated carbocycles. The monoisotopic (exact) mass is 233 g/mol. The van der Waals surface area contributed by atoms with E-state index in [9.17, 15) is 4.79 Å². The number of aryl methyl sites for hydroxylation is 1. The first-order chi connectivity index (χ1) is 7.59. The van der Waals surface area contributed by atoms with Crippen LogP contribution in [0.2, 0.25) is 0 Å². The molecule has 0 spiro atoms. The van der Waals surface area contributed by atoms with Crippen LogP contribution in [0.5, 0.6) is 0 Å². The average molecular weight is 233 g/mol. The van der Waals surface area contributed by atoms with Crippen molar-refractivity contribution < 1.29 is 0 Å². The highest BCUT2D eigenvalue weighted by Crippen LogP contribution is 2.10. The number of hydrogen-bond donors (Lipinski definition) is 2. The Morgan fingerprint density at radius 3 is 2.81 bits per heavy atom. The summed E-state index contributed by atoms with van der Waals surface area (Å²) in [7, 11) is 0. The van der Waals surface area contributed by atoms with Crippen LogP contribution in [0.15, 0.2) is 35.3 Å². The van der Waals surface area contributed by atoms with E-state index >= 15 is 0 Å². The molecule has 0 aliphatic heterocycles. The van der Waals surface area contributed by atoms with Crippen molar-refractivity contribution in [3.63, 3.8) is 0 Å². The molecular formula is C11H11N3OS. The highest BCUT2D eigenvalue weighted by Gasteiger charge is 2.05. The second-order valence-corrected chi connectivity index (χ2v) is 3.93. The Morgan fingerprint density at radius 2 is 2.25 bits per heavy atom. The highest BCUT2D eigenvalue weighted by molar-refractivity contribution is 7.80. The number of nitrogens with zero attached hydrogens (tertiary/aromatic N) is 1. The number of imidazole rings is 1. The topological polar surface area (TPSA) is 63.8 Å². The molecule has 1 heterocycles. The molecule has 0 bridgehead atoms. The zero-order valence-corrected chi connectivity index (χ0v) is 9.54. The molecule has 0 saturated heterocycles. The van der Waals surface area contributed by atoms with Gasteiger partial charge in [-0.05, 0) is 19.1 Å². The summed E-state index contributed by atoms with van der Waals surface area (Å²) in [6, 6.07) is 7.27. The Labute approximate surface area is 97.7 Å². The Bertz CT molecular complexity index is 597. The summed E-state index contributed by atoms with van der Waals surface area (Å²) in [6.07, 6.45) is 1.66. The molecule has 5 heteroatoms. The van der Waals surface area contributed by atoms with Gasteiger partial charge in [0.05, 0.1) is 5.69 Å². The van der Waals surface area contributed by atoms with Crippen LogP contribution in [0.25, 0.3) is 5.69 Å². The van der Waals surface area contributed by atoms with Crippen molar-refractivity contribution in [2.45, 2.75) is 6.92 Å². The normalized spacial score (nSPS) is 10.3. The molecule has 82 valence electrons. The van der Waals surface area contributed by atoms with Gasteiger partial charge < -0.3 is 10.7 Å². The van der Waals surface area contributed by atoms with Gasteiger partial charge in [-0.3, -0.25) is 4.57 Å². The Kier molecular flexibility index (Phi) is 2.62. The van der Waals surface area contributed by atoms with Gasteiger partial charge in [0.25, 0.3) is 0 Å². The standard InChI is InChI=1S/C11H11N3OS/c1-7-6-13-11(15)14(7)9-4-2-3-8(5-9)10(12)16/h2-6H,1H3,(H2,12,16)(H,13,15). The number of hydrogen-bond acceptors (Lipinski definition) is 2. The fourth-order valence-corrected chi connectivity index (χ4v) is 1.70. The number of rotatable bonds is 2. The summed E-state index contributed by atoms with van der Waals surface area (Å²) >= 11 is 4.90. The maximum Gasteiger partial charge on any atom is 0.330 e. The van der Waals surface area contributed by atoms with Crippen LogP contribution in [0.1, 0.15) is 11.3 Å². The number of H-pyrrole nitrogens is 1. The Morgan fingerprint density at radius 1 is 1.50 bits per heavy atom. The molecule has 2 aromatic rings. The fraction of sp³-hybridized carbons (Fsp3) is 0.0909. The first kappa shape index (κ1) is 10.6. The van der Waals surface area contributed by atoms with Gasteiger partial charge in [0, 0.05) is 17.5 Å². The molecule has 0 aliphatic rings. The molecule has 0 aliphatic carbocycles. The van der Waals surface area contributed by atoms with E-state index in [1.165, 1.54) is 0 Å². The molecular weight excluding hydrogens is 222 g/mol. The van der Waals surface area contributed by atoms with Gasteiger partial charge in [0.15, 0.2) is 0 Å². The summed E-state index contributed by atoms with van der Waals surface area (Å²) in [6.45, 7) is 1.85. The molecule has 1 aromatic carbocycles. The minimum atomic E-state index is -0.169. The van der Waals surface area contributed by atoms with E-state index < -0.39 is 0 Å². The number of aromatic amines is 1. The Balaban J connectivity index is 2.61. The molecule has 2 rings (SSSR count). The van der Waals surface area contributed by atoms with Crippen LogP contribution in [-0.2, 0) is 0 Å². The number of nitrogens with one attached hydrogen (secondary N) is 1. The number of aromatic nitrogens is 2. The van der Waals surface area contributed by atoms with Gasteiger partial charge in [-0.15, -0.1) is 0 Å². The molecule has 0 amide bonds. The third-order valence-electron chi connectivity index (χ3n) is 2.35. The predicted molar refractivity (Wildman–Crippen MR) is 67.0 cm³/mol. The van der Waals surface area contributed by atoms with Crippen molar-refractivity contribution in [1.29, 1.82) is 0 Å². The number of nitrogens with two attached hydrogens (primary N) is 1. The molecule has 0 radical (unpaired) electrons. The summed E-state index contributed by atoms with van der Waals surface area (Å²) in [5.41, 5.74) is 7.73. The quantitative estimate of drug-likeness (QED) is 0.764. The largest absolute Gasteiger partial charge is 0.389 e. The van der Waals surface area contributed by atoms with Gasteiger partial charge in [0.1, 0.15) is 4.99 Å². The van der Waals surface area contributed by atoms with Gasteiger partial charge in [-0.25, -0.2) is 4.79 Å². The third-order valence-corrected chi connectivity index (χ3v) is 2.58. The molecule has 4 nitrogen and oxygen atoms in total. The van der Waals surface area contributed by atoms with Crippen molar-refractivity contribution in [3.05, 3.63) is 52.2 Å². The van der Waals surface area contributed by atoms with Crippen LogP contribution in [0.4, 0.5) is 0 Å². The lowest BCUT2D eigenvalue weighted by atomic mass is 10.2. The maximum absolute atomic E-state index is 11.6. The molecule has 0 atom stereocenters. The predicted octanol–water partition coefficient (Wildman–Crippen LogP) is 1.11. The molecule has 16 heavy (non-hydrogen) atoms. The maximum atomic E-state index is 11.6. The molecule has 0 unspecified atom stereocenters. The zero-order valence-electron chi connectivity index (χ0n) is 8.73. The first-order valence-corrected chi connectivity index (χ1v) is 5.17. The van der Waals surface area contributed by atoms with E-state index in [0.717, 1.165) is 16.9 Å². The summed E-state index contributed by atoms with van der Waals surface area (Å²) in [5.74, 6) is 0.